The van der Waals surface area contributed by atoms with Crippen LogP contribution in [0.1, 0.15) is 11.3 Å². The molecule has 21 heavy (non-hydrogen) atoms. The molecular formula is C18H21N3. The van der Waals surface area contributed by atoms with E-state index < -0.39 is 0 Å². The smallest absolute Gasteiger partial charge is 0.0949 e. The van der Waals surface area contributed by atoms with Crippen molar-refractivity contribution in [1.82, 2.24) is 9.55 Å². The number of aryl methyl sites for hydroxylation is 3. The predicted molar refractivity (Wildman–Crippen MR) is 88.9 cm³/mol. The van der Waals surface area contributed by atoms with Crippen molar-refractivity contribution in [2.75, 3.05) is 19.0 Å². The van der Waals surface area contributed by atoms with Crippen molar-refractivity contribution in [1.29, 1.82) is 0 Å². The lowest BCUT2D eigenvalue weighted by Gasteiger charge is -2.17. The maximum atomic E-state index is 4.28. The molecule has 0 bridgehead atoms. The molecule has 0 radical (unpaired) electrons. The van der Waals surface area contributed by atoms with Crippen LogP contribution < -0.4 is 4.90 Å². The van der Waals surface area contributed by atoms with Crippen LogP contribution in [0.25, 0.3) is 10.8 Å². The fourth-order valence-corrected chi connectivity index (χ4v) is 2.81. The number of hydrogen-bond donors (Lipinski definition) is 0. The molecule has 0 fully saturated rings. The Bertz CT molecular complexity index is 756. The Hall–Kier alpha value is -2.29. The van der Waals surface area contributed by atoms with E-state index in [-0.39, 0.29) is 0 Å². The summed E-state index contributed by atoms with van der Waals surface area (Å²) in [6.07, 6.45) is 5.02. The zero-order valence-corrected chi connectivity index (χ0v) is 12.9. The average molecular weight is 279 g/mol. The Morgan fingerprint density at radius 3 is 2.52 bits per heavy atom. The molecule has 3 aromatic rings. The quantitative estimate of drug-likeness (QED) is 0.727. The second-order valence-electron chi connectivity index (χ2n) is 5.69. The fourth-order valence-electron chi connectivity index (χ4n) is 2.81. The van der Waals surface area contributed by atoms with E-state index >= 15 is 0 Å². The van der Waals surface area contributed by atoms with Gasteiger partial charge in [-0.25, -0.2) is 4.98 Å². The van der Waals surface area contributed by atoms with Gasteiger partial charge in [0.1, 0.15) is 0 Å². The first-order valence-electron chi connectivity index (χ1n) is 7.31. The molecule has 2 aromatic carbocycles. The predicted octanol–water partition coefficient (Wildman–Crippen LogP) is 3.65. The molecule has 0 saturated heterocycles. The molecule has 3 heteroatoms. The second-order valence-corrected chi connectivity index (χ2v) is 5.69. The van der Waals surface area contributed by atoms with E-state index in [9.17, 15) is 0 Å². The van der Waals surface area contributed by atoms with E-state index in [2.05, 4.69) is 71.1 Å². The summed E-state index contributed by atoms with van der Waals surface area (Å²) in [4.78, 5) is 6.46. The van der Waals surface area contributed by atoms with E-state index in [4.69, 9.17) is 0 Å². The SMILES string of the molecule is Cc1cn(CCc2cccc3c(N(C)C)cccc23)cn1. The lowest BCUT2D eigenvalue weighted by Crippen LogP contribution is -2.09. The van der Waals surface area contributed by atoms with Crippen molar-refractivity contribution in [2.45, 2.75) is 19.9 Å². The maximum Gasteiger partial charge on any atom is 0.0949 e. The molecule has 0 saturated carbocycles. The van der Waals surface area contributed by atoms with Crippen LogP contribution in [0.5, 0.6) is 0 Å². The number of benzene rings is 2. The van der Waals surface area contributed by atoms with Gasteiger partial charge < -0.3 is 9.47 Å². The van der Waals surface area contributed by atoms with E-state index in [1.807, 2.05) is 13.3 Å². The molecule has 0 aliphatic heterocycles. The summed E-state index contributed by atoms with van der Waals surface area (Å²) in [5.74, 6) is 0. The molecular weight excluding hydrogens is 258 g/mol. The fraction of sp³-hybridized carbons (Fsp3) is 0.278. The second kappa shape index (κ2) is 5.60. The number of hydrogen-bond acceptors (Lipinski definition) is 2. The summed E-state index contributed by atoms with van der Waals surface area (Å²) in [6, 6.07) is 13.1. The first-order valence-corrected chi connectivity index (χ1v) is 7.31. The number of imidazole rings is 1. The van der Waals surface area contributed by atoms with Crippen molar-refractivity contribution < 1.29 is 0 Å². The lowest BCUT2D eigenvalue weighted by atomic mass is 10.0. The van der Waals surface area contributed by atoms with Crippen molar-refractivity contribution in [3.63, 3.8) is 0 Å². The van der Waals surface area contributed by atoms with E-state index in [1.54, 1.807) is 0 Å². The van der Waals surface area contributed by atoms with Gasteiger partial charge in [-0.1, -0.05) is 30.3 Å². The maximum absolute atomic E-state index is 4.28. The van der Waals surface area contributed by atoms with Crippen LogP contribution in [0.15, 0.2) is 48.9 Å². The normalized spacial score (nSPS) is 11.0. The molecule has 0 N–H and O–H groups in total. The summed E-state index contributed by atoms with van der Waals surface area (Å²) in [5.41, 5.74) is 3.73. The number of nitrogens with zero attached hydrogens (tertiary/aromatic N) is 3. The van der Waals surface area contributed by atoms with Crippen LogP contribution in [-0.2, 0) is 13.0 Å². The lowest BCUT2D eigenvalue weighted by molar-refractivity contribution is 0.698. The van der Waals surface area contributed by atoms with Crippen LogP contribution in [0.4, 0.5) is 5.69 Å². The number of aromatic nitrogens is 2. The first-order chi connectivity index (χ1) is 10.1. The Kier molecular flexibility index (Phi) is 3.65. The molecule has 0 atom stereocenters. The Balaban J connectivity index is 1.93. The standard InChI is InChI=1S/C18H21N3/c1-14-12-21(13-19-14)11-10-15-6-4-8-17-16(15)7-5-9-18(17)20(2)3/h4-9,12-13H,10-11H2,1-3H3. The van der Waals surface area contributed by atoms with Crippen molar-refractivity contribution in [3.8, 4) is 0 Å². The summed E-state index contributed by atoms with van der Waals surface area (Å²) >= 11 is 0. The molecule has 1 heterocycles. The van der Waals surface area contributed by atoms with E-state index in [1.165, 1.54) is 22.0 Å². The molecule has 0 aliphatic rings. The van der Waals surface area contributed by atoms with Crippen LogP contribution in [0.2, 0.25) is 0 Å². The number of rotatable bonds is 4. The van der Waals surface area contributed by atoms with Gasteiger partial charge >= 0.3 is 0 Å². The number of anilines is 1. The third-order valence-corrected chi connectivity index (χ3v) is 3.87. The van der Waals surface area contributed by atoms with Crippen LogP contribution in [0, 0.1) is 6.92 Å². The molecule has 3 nitrogen and oxygen atoms in total. The van der Waals surface area contributed by atoms with Gasteiger partial charge in [-0.15, -0.1) is 0 Å². The van der Waals surface area contributed by atoms with E-state index in [0.29, 0.717) is 0 Å². The third-order valence-electron chi connectivity index (χ3n) is 3.87. The summed E-state index contributed by atoms with van der Waals surface area (Å²) in [6.45, 7) is 2.99. The Morgan fingerprint density at radius 1 is 1.05 bits per heavy atom. The number of fused-ring (bicyclic) bond motifs is 1. The molecule has 0 unspecified atom stereocenters. The monoisotopic (exact) mass is 279 g/mol. The van der Waals surface area contributed by atoms with Gasteiger partial charge in [-0.2, -0.15) is 0 Å². The molecule has 108 valence electrons. The highest BCUT2D eigenvalue weighted by molar-refractivity contribution is 5.96. The highest BCUT2D eigenvalue weighted by Crippen LogP contribution is 2.28. The topological polar surface area (TPSA) is 21.1 Å². The first kappa shape index (κ1) is 13.7. The zero-order valence-electron chi connectivity index (χ0n) is 12.9. The van der Waals surface area contributed by atoms with Crippen molar-refractivity contribution >= 4 is 16.5 Å². The van der Waals surface area contributed by atoms with Crippen LogP contribution in [0.3, 0.4) is 0 Å². The zero-order chi connectivity index (χ0) is 14.8. The van der Waals surface area contributed by atoms with Crippen LogP contribution >= 0.6 is 0 Å². The van der Waals surface area contributed by atoms with Crippen molar-refractivity contribution in [3.05, 3.63) is 60.2 Å². The molecule has 3 rings (SSSR count). The van der Waals surface area contributed by atoms with Gasteiger partial charge in [0, 0.05) is 37.9 Å². The van der Waals surface area contributed by atoms with Crippen LogP contribution in [-0.4, -0.2) is 23.6 Å². The Labute approximate surface area is 125 Å². The molecule has 0 amide bonds. The van der Waals surface area contributed by atoms with Gasteiger partial charge in [-0.3, -0.25) is 0 Å². The highest BCUT2D eigenvalue weighted by atomic mass is 15.1. The average Bonchev–Trinajstić information content (AvgIpc) is 2.90. The largest absolute Gasteiger partial charge is 0.377 e. The summed E-state index contributed by atoms with van der Waals surface area (Å²) in [5, 5.41) is 2.67. The minimum Gasteiger partial charge on any atom is -0.377 e. The Morgan fingerprint density at radius 2 is 1.81 bits per heavy atom. The summed E-state index contributed by atoms with van der Waals surface area (Å²) in [7, 11) is 4.19. The third kappa shape index (κ3) is 2.77. The van der Waals surface area contributed by atoms with Gasteiger partial charge in [-0.05, 0) is 30.4 Å². The van der Waals surface area contributed by atoms with Gasteiger partial charge in [0.15, 0.2) is 0 Å². The van der Waals surface area contributed by atoms with Gasteiger partial charge in [0.25, 0.3) is 0 Å². The van der Waals surface area contributed by atoms with Gasteiger partial charge in [0.2, 0.25) is 0 Å². The highest BCUT2D eigenvalue weighted by Gasteiger charge is 2.06. The molecule has 1 aromatic heterocycles. The van der Waals surface area contributed by atoms with Gasteiger partial charge in [0.05, 0.1) is 12.0 Å². The van der Waals surface area contributed by atoms with Crippen molar-refractivity contribution in [2.24, 2.45) is 0 Å². The minimum atomic E-state index is 0.964. The summed E-state index contributed by atoms with van der Waals surface area (Å²) < 4.78 is 2.16. The molecule has 0 aliphatic carbocycles. The minimum absolute atomic E-state index is 0.964. The van der Waals surface area contributed by atoms with E-state index in [0.717, 1.165) is 18.7 Å². The molecule has 0 spiro atoms.